The summed E-state index contributed by atoms with van der Waals surface area (Å²) in [6.07, 6.45) is -3.57. The molecule has 3 N–H and O–H groups in total. The minimum absolute atomic E-state index is 0.240. The summed E-state index contributed by atoms with van der Waals surface area (Å²) in [6, 6.07) is 4.97. The fourth-order valence-corrected chi connectivity index (χ4v) is 4.45. The van der Waals surface area contributed by atoms with Crippen molar-refractivity contribution in [3.8, 4) is 6.07 Å². The Labute approximate surface area is 166 Å². The maximum atomic E-state index is 13.3. The van der Waals surface area contributed by atoms with Crippen molar-refractivity contribution in [3.05, 3.63) is 29.3 Å². The van der Waals surface area contributed by atoms with Crippen molar-refractivity contribution >= 4 is 17.6 Å². The second-order valence-corrected chi connectivity index (χ2v) is 7.58. The second-order valence-electron chi connectivity index (χ2n) is 7.58. The number of anilines is 1. The number of likely N-dealkylation sites (tertiary alicyclic amines) is 1. The van der Waals surface area contributed by atoms with E-state index in [1.54, 1.807) is 11.0 Å². The number of nitrogens with zero attached hydrogens (tertiary/aromatic N) is 3. The molecule has 29 heavy (non-hydrogen) atoms. The maximum Gasteiger partial charge on any atom is 0.417 e. The van der Waals surface area contributed by atoms with Crippen LogP contribution in [0.15, 0.2) is 18.2 Å². The quantitative estimate of drug-likeness (QED) is 0.779. The number of primary amides is 1. The summed E-state index contributed by atoms with van der Waals surface area (Å²) in [5, 5.41) is 11.5. The number of nitrogens with one attached hydrogen (secondary N) is 1. The van der Waals surface area contributed by atoms with Gasteiger partial charge in [0.25, 0.3) is 0 Å². The number of alkyl halides is 3. The average Bonchev–Trinajstić information content (AvgIpc) is 3.06. The summed E-state index contributed by atoms with van der Waals surface area (Å²) < 4.78 is 39.8. The van der Waals surface area contributed by atoms with Crippen molar-refractivity contribution in [2.75, 3.05) is 38.1 Å². The number of piperidine rings is 1. The van der Waals surface area contributed by atoms with Gasteiger partial charge in [-0.15, -0.1) is 0 Å². The number of carbonyl (C=O) groups is 2. The maximum absolute atomic E-state index is 13.3. The van der Waals surface area contributed by atoms with Gasteiger partial charge in [0.1, 0.15) is 0 Å². The molecule has 1 aromatic rings. The van der Waals surface area contributed by atoms with Gasteiger partial charge in [-0.05, 0) is 31.0 Å². The molecule has 0 radical (unpaired) electrons. The van der Waals surface area contributed by atoms with E-state index in [1.165, 1.54) is 19.2 Å². The first-order valence-corrected chi connectivity index (χ1v) is 9.23. The van der Waals surface area contributed by atoms with Crippen LogP contribution in [0.4, 0.5) is 23.7 Å². The number of urea groups is 1. The molecule has 2 heterocycles. The Hall–Kier alpha value is -2.96. The predicted molar refractivity (Wildman–Crippen MR) is 98.8 cm³/mol. The van der Waals surface area contributed by atoms with Gasteiger partial charge in [-0.25, -0.2) is 4.79 Å². The predicted octanol–water partition coefficient (Wildman–Crippen LogP) is 1.92. The van der Waals surface area contributed by atoms with Crippen LogP contribution in [0.3, 0.4) is 0 Å². The topological polar surface area (TPSA) is 102 Å². The summed E-state index contributed by atoms with van der Waals surface area (Å²) in [4.78, 5) is 27.4. The highest BCUT2D eigenvalue weighted by Crippen LogP contribution is 2.45. The van der Waals surface area contributed by atoms with Gasteiger partial charge >= 0.3 is 12.2 Å². The van der Waals surface area contributed by atoms with Gasteiger partial charge in [0.15, 0.2) is 0 Å². The van der Waals surface area contributed by atoms with Crippen molar-refractivity contribution < 1.29 is 22.8 Å². The zero-order valence-corrected chi connectivity index (χ0v) is 15.9. The van der Waals surface area contributed by atoms with Crippen molar-refractivity contribution in [2.45, 2.75) is 19.0 Å². The highest BCUT2D eigenvalue weighted by Gasteiger charge is 2.51. The molecule has 1 unspecified atom stereocenters. The third-order valence-corrected chi connectivity index (χ3v) is 6.05. The van der Waals surface area contributed by atoms with E-state index < -0.39 is 34.5 Å². The number of amides is 3. The molecule has 156 valence electrons. The minimum atomic E-state index is -4.62. The van der Waals surface area contributed by atoms with Crippen LogP contribution in [0.2, 0.25) is 0 Å². The van der Waals surface area contributed by atoms with Crippen LogP contribution in [0, 0.1) is 22.7 Å². The zero-order valence-electron chi connectivity index (χ0n) is 15.9. The van der Waals surface area contributed by atoms with Gasteiger partial charge in [-0.2, -0.15) is 18.4 Å². The summed E-state index contributed by atoms with van der Waals surface area (Å²) >= 11 is 0. The summed E-state index contributed by atoms with van der Waals surface area (Å²) in [6.45, 7) is 1.47. The number of hydrogen-bond donors (Lipinski definition) is 2. The molecule has 10 heteroatoms. The van der Waals surface area contributed by atoms with Gasteiger partial charge < -0.3 is 20.9 Å². The van der Waals surface area contributed by atoms with E-state index in [0.29, 0.717) is 38.2 Å². The molecule has 1 aromatic carbocycles. The van der Waals surface area contributed by atoms with E-state index in [-0.39, 0.29) is 12.6 Å². The van der Waals surface area contributed by atoms with Crippen LogP contribution in [0.25, 0.3) is 0 Å². The lowest BCUT2D eigenvalue weighted by Gasteiger charge is -2.42. The first kappa shape index (κ1) is 20.8. The first-order valence-electron chi connectivity index (χ1n) is 9.23. The molecule has 2 aliphatic rings. The van der Waals surface area contributed by atoms with Gasteiger partial charge in [-0.1, -0.05) is 0 Å². The lowest BCUT2D eigenvalue weighted by Crippen LogP contribution is -2.47. The van der Waals surface area contributed by atoms with Crippen LogP contribution in [-0.4, -0.2) is 50.1 Å². The monoisotopic (exact) mass is 409 g/mol. The molecular formula is C19H22F3N5O2. The van der Waals surface area contributed by atoms with E-state index in [0.717, 1.165) is 6.07 Å². The minimum Gasteiger partial charge on any atom is -0.371 e. The molecule has 0 aromatic heterocycles. The van der Waals surface area contributed by atoms with E-state index in [4.69, 9.17) is 11.0 Å². The SMILES string of the molecule is CNC(=O)N1CC(C(N)=O)C2(CCN(c3ccc(C#N)c(C(F)(F)F)c3)CC2)C1. The van der Waals surface area contributed by atoms with Gasteiger partial charge in [0, 0.05) is 44.3 Å². The van der Waals surface area contributed by atoms with E-state index in [1.807, 2.05) is 4.90 Å². The van der Waals surface area contributed by atoms with Crippen molar-refractivity contribution in [1.29, 1.82) is 5.26 Å². The lowest BCUT2D eigenvalue weighted by molar-refractivity contribution is -0.137. The number of nitrogens with two attached hydrogens (primary N) is 1. The highest BCUT2D eigenvalue weighted by atomic mass is 19.4. The largest absolute Gasteiger partial charge is 0.417 e. The first-order chi connectivity index (χ1) is 13.6. The normalized spacial score (nSPS) is 21.1. The average molecular weight is 409 g/mol. The zero-order chi connectivity index (χ0) is 21.4. The Morgan fingerprint density at radius 3 is 2.48 bits per heavy atom. The van der Waals surface area contributed by atoms with Crippen LogP contribution in [-0.2, 0) is 11.0 Å². The van der Waals surface area contributed by atoms with Crippen LogP contribution in [0.1, 0.15) is 24.0 Å². The van der Waals surface area contributed by atoms with E-state index in [2.05, 4.69) is 5.32 Å². The van der Waals surface area contributed by atoms with Gasteiger partial charge in [0.2, 0.25) is 5.91 Å². The second kappa shape index (κ2) is 7.46. The number of halogens is 3. The fraction of sp³-hybridized carbons (Fsp3) is 0.526. The molecule has 0 bridgehead atoms. The van der Waals surface area contributed by atoms with Crippen molar-refractivity contribution in [2.24, 2.45) is 17.1 Å². The Morgan fingerprint density at radius 2 is 1.97 bits per heavy atom. The molecule has 2 fully saturated rings. The van der Waals surface area contributed by atoms with E-state index >= 15 is 0 Å². The standard InChI is InChI=1S/C19H22F3N5O2/c1-25-17(29)27-10-15(16(24)28)18(11-27)4-6-26(7-5-18)13-3-2-12(9-23)14(8-13)19(20,21)22/h2-3,8,15H,4-7,10-11H2,1H3,(H2,24,28)(H,25,29). The molecule has 2 aliphatic heterocycles. The Bertz CT molecular complexity index is 856. The molecule has 1 spiro atoms. The van der Waals surface area contributed by atoms with Crippen molar-refractivity contribution in [1.82, 2.24) is 10.2 Å². The Morgan fingerprint density at radius 1 is 1.31 bits per heavy atom. The van der Waals surface area contributed by atoms with Crippen LogP contribution >= 0.6 is 0 Å². The molecule has 0 aliphatic carbocycles. The van der Waals surface area contributed by atoms with Crippen LogP contribution < -0.4 is 16.0 Å². The third-order valence-electron chi connectivity index (χ3n) is 6.05. The molecule has 3 amide bonds. The highest BCUT2D eigenvalue weighted by molar-refractivity contribution is 5.81. The summed E-state index contributed by atoms with van der Waals surface area (Å²) in [7, 11) is 1.51. The van der Waals surface area contributed by atoms with Crippen molar-refractivity contribution in [3.63, 3.8) is 0 Å². The molecule has 1 atom stereocenters. The molecule has 3 rings (SSSR count). The smallest absolute Gasteiger partial charge is 0.371 e. The number of nitriles is 1. The summed E-state index contributed by atoms with van der Waals surface area (Å²) in [5.74, 6) is -0.962. The van der Waals surface area contributed by atoms with Crippen LogP contribution in [0.5, 0.6) is 0 Å². The lowest BCUT2D eigenvalue weighted by atomic mass is 9.70. The Kier molecular flexibility index (Phi) is 5.34. The fourth-order valence-electron chi connectivity index (χ4n) is 4.45. The molecule has 2 saturated heterocycles. The number of carbonyl (C=O) groups excluding carboxylic acids is 2. The van der Waals surface area contributed by atoms with Gasteiger partial charge in [0.05, 0.1) is 23.1 Å². The number of rotatable bonds is 2. The molecular weight excluding hydrogens is 387 g/mol. The third kappa shape index (κ3) is 3.81. The molecule has 0 saturated carbocycles. The Balaban J connectivity index is 1.80. The summed E-state index contributed by atoms with van der Waals surface area (Å²) in [5.41, 5.74) is 4.11. The number of benzene rings is 1. The molecule has 7 nitrogen and oxygen atoms in total. The van der Waals surface area contributed by atoms with E-state index in [9.17, 15) is 22.8 Å². The number of hydrogen-bond acceptors (Lipinski definition) is 4. The van der Waals surface area contributed by atoms with Gasteiger partial charge in [-0.3, -0.25) is 4.79 Å².